The minimum Gasteiger partial charge on any atom is -0.338 e. The van der Waals surface area contributed by atoms with Gasteiger partial charge in [-0.3, -0.25) is 19.6 Å². The number of halogens is 1. The number of ketones is 1. The number of fused-ring (bicyclic) bond motifs is 1. The number of aromatic nitrogens is 4. The Morgan fingerprint density at radius 2 is 1.67 bits per heavy atom. The maximum absolute atomic E-state index is 14.1. The van der Waals surface area contributed by atoms with Gasteiger partial charge in [0.05, 0.1) is 23.2 Å². The van der Waals surface area contributed by atoms with Crippen molar-refractivity contribution in [2.75, 3.05) is 53.4 Å². The Hall–Kier alpha value is -5.06. The maximum atomic E-state index is 14.1. The van der Waals surface area contributed by atoms with E-state index in [1.807, 2.05) is 49.3 Å². The van der Waals surface area contributed by atoms with Crippen LogP contribution in [0.4, 0.5) is 4.39 Å². The van der Waals surface area contributed by atoms with Crippen molar-refractivity contribution in [1.82, 2.24) is 34.9 Å². The summed E-state index contributed by atoms with van der Waals surface area (Å²) in [6.45, 7) is 3.42. The van der Waals surface area contributed by atoms with Crippen LogP contribution < -0.4 is 0 Å². The predicted octanol–water partition coefficient (Wildman–Crippen LogP) is 5.51. The lowest BCUT2D eigenvalue weighted by Crippen LogP contribution is -2.46. The normalized spacial score (nSPS) is 18.3. The van der Waals surface area contributed by atoms with Crippen molar-refractivity contribution in [1.29, 1.82) is 0 Å². The Morgan fingerprint density at radius 1 is 0.939 bits per heavy atom. The molecule has 1 N–H and O–H groups in total. The maximum Gasteiger partial charge on any atom is 0.237 e. The topological polar surface area (TPSA) is 98.3 Å². The lowest BCUT2D eigenvalue weighted by atomic mass is 9.79. The molecule has 1 atom stereocenters. The van der Waals surface area contributed by atoms with Gasteiger partial charge in [0.1, 0.15) is 11.6 Å². The predicted molar refractivity (Wildman–Crippen MR) is 189 cm³/mol. The third kappa shape index (κ3) is 7.06. The quantitative estimate of drug-likeness (QED) is 0.212. The first-order chi connectivity index (χ1) is 23.8. The zero-order chi connectivity index (χ0) is 34.0. The van der Waals surface area contributed by atoms with Crippen LogP contribution in [0.25, 0.3) is 39.1 Å². The van der Waals surface area contributed by atoms with E-state index in [-0.39, 0.29) is 17.5 Å². The Bertz CT molecular complexity index is 1990. The number of amides is 1. The lowest BCUT2D eigenvalue weighted by molar-refractivity contribution is -0.133. The molecule has 5 aromatic rings. The van der Waals surface area contributed by atoms with Crippen molar-refractivity contribution in [2.24, 2.45) is 5.41 Å². The van der Waals surface area contributed by atoms with Crippen LogP contribution in [0.15, 0.2) is 91.3 Å². The van der Waals surface area contributed by atoms with Gasteiger partial charge in [0.15, 0.2) is 5.82 Å². The fourth-order valence-electron chi connectivity index (χ4n) is 7.25. The number of hydrogen-bond donors (Lipinski definition) is 1. The highest BCUT2D eigenvalue weighted by molar-refractivity contribution is 5.95. The summed E-state index contributed by atoms with van der Waals surface area (Å²) in [7, 11) is 3.99. The summed E-state index contributed by atoms with van der Waals surface area (Å²) in [5.74, 6) is 0.679. The van der Waals surface area contributed by atoms with Crippen molar-refractivity contribution < 1.29 is 14.0 Å². The summed E-state index contributed by atoms with van der Waals surface area (Å²) in [5.41, 5.74) is 6.10. The van der Waals surface area contributed by atoms with E-state index < -0.39 is 5.41 Å². The van der Waals surface area contributed by atoms with E-state index in [0.717, 1.165) is 45.3 Å². The van der Waals surface area contributed by atoms with Gasteiger partial charge in [-0.1, -0.05) is 36.4 Å². The van der Waals surface area contributed by atoms with Crippen LogP contribution in [0.3, 0.4) is 0 Å². The number of aromatic amines is 1. The van der Waals surface area contributed by atoms with Crippen molar-refractivity contribution in [2.45, 2.75) is 19.3 Å². The zero-order valence-corrected chi connectivity index (χ0v) is 27.9. The first kappa shape index (κ1) is 32.5. The molecule has 0 aliphatic carbocycles. The fourth-order valence-corrected chi connectivity index (χ4v) is 7.25. The molecule has 1 fully saturated rings. The highest BCUT2D eigenvalue weighted by Gasteiger charge is 2.45. The second kappa shape index (κ2) is 13.8. The molecule has 7 rings (SSSR count). The SMILES string of the molecule is CN(C)CC1(C(=O)Cc2ccc3[nH]nc(-c4ccc(F)cc4)c3c2)CCN(CC(=O)N2CC=C(c3ccc(-c4ncccn4)cc3)CC2)C1. The number of hydrogen-bond acceptors (Lipinski definition) is 7. The summed E-state index contributed by atoms with van der Waals surface area (Å²) in [4.78, 5) is 42.4. The molecule has 2 aliphatic heterocycles. The van der Waals surface area contributed by atoms with Crippen LogP contribution >= 0.6 is 0 Å². The average Bonchev–Trinajstić information content (AvgIpc) is 3.73. The third-order valence-electron chi connectivity index (χ3n) is 9.75. The standard InChI is InChI=1S/C39H40FN7O2/c1-45(2)25-39(35(48)23-27-4-13-34-33(22-27)37(44-43-34)30-9-11-32(40)12-10-30)16-21-46(26-39)24-36(49)47-19-14-29(15-20-47)28-5-7-31(8-6-28)38-41-17-3-18-42-38/h3-14,17-18,22H,15-16,19-21,23-26H2,1-2H3,(H,43,44). The van der Waals surface area contributed by atoms with Crippen molar-refractivity contribution >= 4 is 28.2 Å². The molecule has 2 aromatic heterocycles. The molecule has 1 unspecified atom stereocenters. The van der Waals surface area contributed by atoms with E-state index in [1.165, 1.54) is 17.7 Å². The first-order valence-corrected chi connectivity index (χ1v) is 16.7. The molecule has 1 saturated heterocycles. The molecule has 0 spiro atoms. The third-order valence-corrected chi connectivity index (χ3v) is 9.75. The highest BCUT2D eigenvalue weighted by Crippen LogP contribution is 2.35. The van der Waals surface area contributed by atoms with E-state index in [0.29, 0.717) is 57.9 Å². The van der Waals surface area contributed by atoms with Crippen molar-refractivity contribution in [3.8, 4) is 22.6 Å². The summed E-state index contributed by atoms with van der Waals surface area (Å²) < 4.78 is 13.5. The molecule has 250 valence electrons. The van der Waals surface area contributed by atoms with Gasteiger partial charge < -0.3 is 9.80 Å². The number of rotatable bonds is 10. The van der Waals surface area contributed by atoms with E-state index in [1.54, 1.807) is 30.6 Å². The number of likely N-dealkylation sites (tertiary alicyclic amines) is 1. The monoisotopic (exact) mass is 657 g/mol. The highest BCUT2D eigenvalue weighted by atomic mass is 19.1. The van der Waals surface area contributed by atoms with Crippen LogP contribution in [0, 0.1) is 11.2 Å². The van der Waals surface area contributed by atoms with E-state index in [9.17, 15) is 14.0 Å². The Kier molecular flexibility index (Phi) is 9.16. The van der Waals surface area contributed by atoms with Gasteiger partial charge in [0.2, 0.25) is 5.91 Å². The number of H-pyrrole nitrogens is 1. The van der Waals surface area contributed by atoms with Crippen LogP contribution in [-0.2, 0) is 16.0 Å². The van der Waals surface area contributed by atoms with Gasteiger partial charge in [0.25, 0.3) is 0 Å². The minimum absolute atomic E-state index is 0.0960. The van der Waals surface area contributed by atoms with Crippen molar-refractivity contribution in [3.63, 3.8) is 0 Å². The molecular weight excluding hydrogens is 617 g/mol. The largest absolute Gasteiger partial charge is 0.338 e. The van der Waals surface area contributed by atoms with Crippen LogP contribution in [0.2, 0.25) is 0 Å². The second-order valence-electron chi connectivity index (χ2n) is 13.5. The van der Waals surface area contributed by atoms with E-state index in [4.69, 9.17) is 0 Å². The van der Waals surface area contributed by atoms with Gasteiger partial charge in [-0.05, 0) is 92.6 Å². The number of nitrogens with zero attached hydrogens (tertiary/aromatic N) is 6. The molecule has 10 heteroatoms. The smallest absolute Gasteiger partial charge is 0.237 e. The van der Waals surface area contributed by atoms with Gasteiger partial charge in [0, 0.05) is 61.5 Å². The number of benzene rings is 3. The van der Waals surface area contributed by atoms with Crippen LogP contribution in [0.5, 0.6) is 0 Å². The molecule has 3 aromatic carbocycles. The lowest BCUT2D eigenvalue weighted by Gasteiger charge is -2.32. The molecule has 9 nitrogen and oxygen atoms in total. The van der Waals surface area contributed by atoms with Crippen LogP contribution in [0.1, 0.15) is 24.0 Å². The second-order valence-corrected chi connectivity index (χ2v) is 13.5. The summed E-state index contributed by atoms with van der Waals surface area (Å²) >= 11 is 0. The van der Waals surface area contributed by atoms with Gasteiger partial charge in [-0.2, -0.15) is 5.10 Å². The molecule has 0 saturated carbocycles. The fraction of sp³-hybridized carbons (Fsp3) is 0.308. The van der Waals surface area contributed by atoms with Gasteiger partial charge >= 0.3 is 0 Å². The number of Topliss-reactive ketones (excluding diaryl/α,β-unsaturated/α-hetero) is 1. The van der Waals surface area contributed by atoms with Crippen LogP contribution in [-0.4, -0.2) is 99.9 Å². The van der Waals surface area contributed by atoms with Crippen molar-refractivity contribution in [3.05, 3.63) is 108 Å². The summed E-state index contributed by atoms with van der Waals surface area (Å²) in [6, 6.07) is 22.3. The number of carbonyl (C=O) groups is 2. The number of nitrogens with one attached hydrogen (secondary N) is 1. The Balaban J connectivity index is 0.989. The Morgan fingerprint density at radius 3 is 2.39 bits per heavy atom. The van der Waals surface area contributed by atoms with Gasteiger partial charge in [-0.25, -0.2) is 14.4 Å². The molecule has 4 heterocycles. The molecule has 0 bridgehead atoms. The summed E-state index contributed by atoms with van der Waals surface area (Å²) in [5, 5.41) is 8.42. The first-order valence-electron chi connectivity index (χ1n) is 16.7. The molecule has 49 heavy (non-hydrogen) atoms. The van der Waals surface area contributed by atoms with E-state index >= 15 is 0 Å². The summed E-state index contributed by atoms with van der Waals surface area (Å²) in [6.07, 6.45) is 7.42. The van der Waals surface area contributed by atoms with E-state index in [2.05, 4.69) is 48.2 Å². The molecular formula is C39H40FN7O2. The molecule has 0 radical (unpaired) electrons. The molecule has 1 amide bonds. The minimum atomic E-state index is -0.569. The zero-order valence-electron chi connectivity index (χ0n) is 27.9. The number of carbonyl (C=O) groups excluding carboxylic acids is 2. The van der Waals surface area contributed by atoms with Gasteiger partial charge in [-0.15, -0.1) is 0 Å². The average molecular weight is 658 g/mol. The molecule has 2 aliphatic rings. The Labute approximate surface area is 285 Å².